The number of hydrogen-bond acceptors (Lipinski definition) is 4. The summed E-state index contributed by atoms with van der Waals surface area (Å²) in [6.07, 6.45) is 7.59. The standard InChI is InChI=1S/C19H20N4O2/c1-2-14-3-5-15(6-4-14)18-13-22(9-10-25-18)19(24)16-11-21-23-8-7-20-12-17(16)23/h3-8,11-12,18H,2,9-10,13H2,1H3. The molecule has 1 aromatic carbocycles. The Kier molecular flexibility index (Phi) is 4.19. The van der Waals surface area contributed by atoms with E-state index in [4.69, 9.17) is 4.74 Å². The van der Waals surface area contributed by atoms with E-state index in [2.05, 4.69) is 41.3 Å². The summed E-state index contributed by atoms with van der Waals surface area (Å²) in [4.78, 5) is 18.9. The van der Waals surface area contributed by atoms with Gasteiger partial charge in [-0.1, -0.05) is 31.2 Å². The van der Waals surface area contributed by atoms with Gasteiger partial charge in [-0.2, -0.15) is 5.10 Å². The molecule has 1 aliphatic heterocycles. The molecule has 6 heteroatoms. The highest BCUT2D eigenvalue weighted by atomic mass is 16.5. The smallest absolute Gasteiger partial charge is 0.257 e. The molecule has 0 bridgehead atoms. The SMILES string of the molecule is CCc1ccc(C2CN(C(=O)c3cnn4ccncc34)CCO2)cc1. The topological polar surface area (TPSA) is 59.7 Å². The van der Waals surface area contributed by atoms with Crippen LogP contribution in [0.3, 0.4) is 0 Å². The maximum absolute atomic E-state index is 12.9. The Morgan fingerprint density at radius 2 is 2.12 bits per heavy atom. The highest BCUT2D eigenvalue weighted by Crippen LogP contribution is 2.24. The van der Waals surface area contributed by atoms with Crippen LogP contribution in [-0.2, 0) is 11.2 Å². The van der Waals surface area contributed by atoms with Crippen LogP contribution in [0.1, 0.15) is 34.5 Å². The zero-order chi connectivity index (χ0) is 17.2. The summed E-state index contributed by atoms with van der Waals surface area (Å²) in [5, 5.41) is 4.23. The highest BCUT2D eigenvalue weighted by Gasteiger charge is 2.27. The van der Waals surface area contributed by atoms with Gasteiger partial charge >= 0.3 is 0 Å². The van der Waals surface area contributed by atoms with Crippen LogP contribution >= 0.6 is 0 Å². The van der Waals surface area contributed by atoms with Crippen molar-refractivity contribution in [3.8, 4) is 0 Å². The van der Waals surface area contributed by atoms with Crippen LogP contribution in [0.15, 0.2) is 49.1 Å². The second kappa shape index (κ2) is 6.64. The molecule has 1 aliphatic rings. The molecule has 0 N–H and O–H groups in total. The molecule has 25 heavy (non-hydrogen) atoms. The van der Waals surface area contributed by atoms with Crippen molar-refractivity contribution in [3.05, 3.63) is 65.7 Å². The van der Waals surface area contributed by atoms with Gasteiger partial charge in [0.2, 0.25) is 0 Å². The molecule has 0 aliphatic carbocycles. The van der Waals surface area contributed by atoms with Gasteiger partial charge in [0.25, 0.3) is 5.91 Å². The number of benzene rings is 1. The van der Waals surface area contributed by atoms with E-state index in [1.807, 2.05) is 4.90 Å². The summed E-state index contributed by atoms with van der Waals surface area (Å²) in [5.41, 5.74) is 3.71. The Balaban J connectivity index is 1.55. The third-order valence-corrected chi connectivity index (χ3v) is 4.67. The van der Waals surface area contributed by atoms with E-state index >= 15 is 0 Å². The number of carbonyl (C=O) groups excluding carboxylic acids is 1. The number of rotatable bonds is 3. The first kappa shape index (κ1) is 15.8. The summed E-state index contributed by atoms with van der Waals surface area (Å²) in [7, 11) is 0. The number of hydrogen-bond donors (Lipinski definition) is 0. The lowest BCUT2D eigenvalue weighted by atomic mass is 10.0. The Bertz CT molecular complexity index is 888. The van der Waals surface area contributed by atoms with Crippen molar-refractivity contribution >= 4 is 11.4 Å². The van der Waals surface area contributed by atoms with Gasteiger partial charge in [0, 0.05) is 18.9 Å². The number of carbonyl (C=O) groups is 1. The summed E-state index contributed by atoms with van der Waals surface area (Å²) in [6.45, 7) is 3.79. The van der Waals surface area contributed by atoms with Crippen LogP contribution in [0, 0.1) is 0 Å². The van der Waals surface area contributed by atoms with Gasteiger partial charge in [-0.05, 0) is 17.5 Å². The van der Waals surface area contributed by atoms with E-state index in [9.17, 15) is 4.79 Å². The first-order valence-electron chi connectivity index (χ1n) is 8.53. The quantitative estimate of drug-likeness (QED) is 0.737. The lowest BCUT2D eigenvalue weighted by Gasteiger charge is -2.33. The average Bonchev–Trinajstić information content (AvgIpc) is 3.12. The van der Waals surface area contributed by atoms with Crippen molar-refractivity contribution in [3.63, 3.8) is 0 Å². The van der Waals surface area contributed by atoms with Gasteiger partial charge in [0.1, 0.15) is 6.10 Å². The molecule has 0 saturated carbocycles. The fraction of sp³-hybridized carbons (Fsp3) is 0.316. The minimum atomic E-state index is -0.0939. The zero-order valence-corrected chi connectivity index (χ0v) is 14.1. The number of morpholine rings is 1. The van der Waals surface area contributed by atoms with Crippen LogP contribution in [0.25, 0.3) is 5.52 Å². The molecule has 1 atom stereocenters. The molecule has 1 amide bonds. The maximum Gasteiger partial charge on any atom is 0.257 e. The van der Waals surface area contributed by atoms with E-state index in [0.29, 0.717) is 25.3 Å². The van der Waals surface area contributed by atoms with Gasteiger partial charge in [0.05, 0.1) is 36.6 Å². The minimum absolute atomic E-state index is 0.0264. The van der Waals surface area contributed by atoms with E-state index in [1.165, 1.54) is 5.56 Å². The molecule has 0 radical (unpaired) electrons. The summed E-state index contributed by atoms with van der Waals surface area (Å²) < 4.78 is 7.56. The Hall–Kier alpha value is -2.73. The van der Waals surface area contributed by atoms with Gasteiger partial charge < -0.3 is 9.64 Å². The largest absolute Gasteiger partial charge is 0.370 e. The number of fused-ring (bicyclic) bond motifs is 1. The molecule has 3 heterocycles. The predicted octanol–water partition coefficient (Wildman–Crippen LogP) is 2.51. The predicted molar refractivity (Wildman–Crippen MR) is 93.4 cm³/mol. The number of amides is 1. The molecule has 6 nitrogen and oxygen atoms in total. The first-order chi connectivity index (χ1) is 12.3. The van der Waals surface area contributed by atoms with Crippen LogP contribution in [0.4, 0.5) is 0 Å². The minimum Gasteiger partial charge on any atom is -0.370 e. The zero-order valence-electron chi connectivity index (χ0n) is 14.1. The Morgan fingerprint density at radius 3 is 2.92 bits per heavy atom. The van der Waals surface area contributed by atoms with Crippen molar-refractivity contribution in [2.45, 2.75) is 19.4 Å². The normalized spacial score (nSPS) is 17.8. The van der Waals surface area contributed by atoms with E-state index in [1.54, 1.807) is 29.3 Å². The van der Waals surface area contributed by atoms with Crippen LogP contribution < -0.4 is 0 Å². The third kappa shape index (κ3) is 3.00. The molecule has 2 aromatic heterocycles. The number of nitrogens with zero attached hydrogens (tertiary/aromatic N) is 4. The van der Waals surface area contributed by atoms with Gasteiger partial charge in [-0.25, -0.2) is 4.52 Å². The molecule has 0 spiro atoms. The molecule has 1 fully saturated rings. The lowest BCUT2D eigenvalue weighted by Crippen LogP contribution is -2.42. The van der Waals surface area contributed by atoms with Crippen LogP contribution in [-0.4, -0.2) is 45.1 Å². The second-order valence-electron chi connectivity index (χ2n) is 6.17. The van der Waals surface area contributed by atoms with E-state index < -0.39 is 0 Å². The van der Waals surface area contributed by atoms with Crippen molar-refractivity contribution in [1.29, 1.82) is 0 Å². The van der Waals surface area contributed by atoms with Crippen LogP contribution in [0.2, 0.25) is 0 Å². The molecule has 4 rings (SSSR count). The van der Waals surface area contributed by atoms with Crippen LogP contribution in [0.5, 0.6) is 0 Å². The Morgan fingerprint density at radius 1 is 1.28 bits per heavy atom. The fourth-order valence-corrected chi connectivity index (χ4v) is 3.17. The fourth-order valence-electron chi connectivity index (χ4n) is 3.17. The molecule has 1 unspecified atom stereocenters. The maximum atomic E-state index is 12.9. The highest BCUT2D eigenvalue weighted by molar-refractivity contribution is 6.00. The monoisotopic (exact) mass is 336 g/mol. The molecule has 1 saturated heterocycles. The van der Waals surface area contributed by atoms with Crippen molar-refractivity contribution in [1.82, 2.24) is 19.5 Å². The molecule has 3 aromatic rings. The van der Waals surface area contributed by atoms with E-state index in [0.717, 1.165) is 17.5 Å². The Labute approximate surface area is 146 Å². The first-order valence-corrected chi connectivity index (χ1v) is 8.53. The molecule has 128 valence electrons. The van der Waals surface area contributed by atoms with Gasteiger partial charge in [-0.15, -0.1) is 0 Å². The number of aromatic nitrogens is 3. The number of aryl methyl sites for hydroxylation is 1. The van der Waals surface area contributed by atoms with Gasteiger partial charge in [-0.3, -0.25) is 9.78 Å². The summed E-state index contributed by atoms with van der Waals surface area (Å²) >= 11 is 0. The molecular weight excluding hydrogens is 316 g/mol. The molecular formula is C19H20N4O2. The number of ether oxygens (including phenoxy) is 1. The third-order valence-electron chi connectivity index (χ3n) is 4.67. The van der Waals surface area contributed by atoms with Gasteiger partial charge in [0.15, 0.2) is 0 Å². The summed E-state index contributed by atoms with van der Waals surface area (Å²) in [5.74, 6) is -0.0264. The van der Waals surface area contributed by atoms with Crippen molar-refractivity contribution < 1.29 is 9.53 Å². The lowest BCUT2D eigenvalue weighted by molar-refractivity contribution is -0.0227. The van der Waals surface area contributed by atoms with Crippen molar-refractivity contribution in [2.24, 2.45) is 0 Å². The second-order valence-corrected chi connectivity index (χ2v) is 6.17. The summed E-state index contributed by atoms with van der Waals surface area (Å²) in [6, 6.07) is 8.43. The van der Waals surface area contributed by atoms with E-state index in [-0.39, 0.29) is 12.0 Å². The van der Waals surface area contributed by atoms with Crippen molar-refractivity contribution in [2.75, 3.05) is 19.7 Å². The average molecular weight is 336 g/mol.